The van der Waals surface area contributed by atoms with Crippen molar-refractivity contribution < 1.29 is 19.1 Å². The predicted molar refractivity (Wildman–Crippen MR) is 123 cm³/mol. The standard InChI is InChI=1S/C25H29N3O4/c1-2-17-9-11-19(12-10-17)28-16-18(14-23(28)29)24(30)27-22-8-4-3-7-21(22)25(31)26-15-20-6-5-13-32-20/h3-4,7-12,18,20H,2,5-6,13-16H2,1H3,(H,26,31)(H,27,30). The Balaban J connectivity index is 1.39. The molecular formula is C25H29N3O4. The third-order valence-electron chi connectivity index (χ3n) is 6.10. The zero-order valence-corrected chi connectivity index (χ0v) is 18.3. The molecule has 2 aliphatic rings. The van der Waals surface area contributed by atoms with Crippen molar-refractivity contribution in [3.05, 3.63) is 59.7 Å². The first-order valence-corrected chi connectivity index (χ1v) is 11.2. The molecule has 2 aliphatic heterocycles. The quantitative estimate of drug-likeness (QED) is 0.699. The zero-order chi connectivity index (χ0) is 22.5. The van der Waals surface area contributed by atoms with E-state index in [1.807, 2.05) is 24.3 Å². The second kappa shape index (κ2) is 9.96. The number of nitrogens with zero attached hydrogens (tertiary/aromatic N) is 1. The minimum atomic E-state index is -0.476. The number of hydrogen-bond acceptors (Lipinski definition) is 4. The Bertz CT molecular complexity index is 983. The molecule has 2 fully saturated rings. The molecule has 7 heteroatoms. The second-order valence-electron chi connectivity index (χ2n) is 8.31. The number of benzene rings is 2. The van der Waals surface area contributed by atoms with Crippen LogP contribution in [0, 0.1) is 5.92 Å². The summed E-state index contributed by atoms with van der Waals surface area (Å²) in [7, 11) is 0. The van der Waals surface area contributed by atoms with Gasteiger partial charge in [0.05, 0.1) is 23.3 Å². The Morgan fingerprint density at radius 1 is 1.12 bits per heavy atom. The first kappa shape index (κ1) is 22.0. The fourth-order valence-corrected chi connectivity index (χ4v) is 4.18. The average molecular weight is 436 g/mol. The van der Waals surface area contributed by atoms with E-state index < -0.39 is 5.92 Å². The van der Waals surface area contributed by atoms with Gasteiger partial charge in [-0.1, -0.05) is 31.2 Å². The van der Waals surface area contributed by atoms with E-state index in [-0.39, 0.29) is 30.2 Å². The summed E-state index contributed by atoms with van der Waals surface area (Å²) in [6, 6.07) is 14.8. The molecule has 0 aliphatic carbocycles. The molecule has 2 aromatic carbocycles. The lowest BCUT2D eigenvalue weighted by molar-refractivity contribution is -0.122. The molecule has 0 aromatic heterocycles. The van der Waals surface area contributed by atoms with Crippen molar-refractivity contribution in [3.8, 4) is 0 Å². The molecule has 2 heterocycles. The number of aryl methyl sites for hydroxylation is 1. The number of nitrogens with one attached hydrogen (secondary N) is 2. The van der Waals surface area contributed by atoms with Crippen LogP contribution in [0.3, 0.4) is 0 Å². The highest BCUT2D eigenvalue weighted by atomic mass is 16.5. The third-order valence-corrected chi connectivity index (χ3v) is 6.10. The van der Waals surface area contributed by atoms with E-state index >= 15 is 0 Å². The number of ether oxygens (including phenoxy) is 1. The van der Waals surface area contributed by atoms with E-state index in [2.05, 4.69) is 17.6 Å². The van der Waals surface area contributed by atoms with Crippen molar-refractivity contribution in [3.63, 3.8) is 0 Å². The zero-order valence-electron chi connectivity index (χ0n) is 18.3. The van der Waals surface area contributed by atoms with Gasteiger partial charge in [0.1, 0.15) is 0 Å². The molecule has 2 saturated heterocycles. The molecule has 0 radical (unpaired) electrons. The van der Waals surface area contributed by atoms with Crippen molar-refractivity contribution in [1.82, 2.24) is 5.32 Å². The molecule has 2 aromatic rings. The molecule has 0 spiro atoms. The minimum absolute atomic E-state index is 0.0441. The summed E-state index contributed by atoms with van der Waals surface area (Å²) >= 11 is 0. The van der Waals surface area contributed by atoms with Gasteiger partial charge in [-0.05, 0) is 49.1 Å². The number of hydrogen-bond donors (Lipinski definition) is 2. The van der Waals surface area contributed by atoms with Crippen LogP contribution in [0.2, 0.25) is 0 Å². The van der Waals surface area contributed by atoms with Crippen LogP contribution in [0.5, 0.6) is 0 Å². The first-order valence-electron chi connectivity index (χ1n) is 11.2. The van der Waals surface area contributed by atoms with Gasteiger partial charge in [0.25, 0.3) is 5.91 Å². The van der Waals surface area contributed by atoms with Gasteiger partial charge in [-0.15, -0.1) is 0 Å². The highest BCUT2D eigenvalue weighted by molar-refractivity contribution is 6.07. The first-order chi connectivity index (χ1) is 15.5. The Morgan fingerprint density at radius 3 is 2.62 bits per heavy atom. The largest absolute Gasteiger partial charge is 0.376 e. The topological polar surface area (TPSA) is 87.7 Å². The van der Waals surface area contributed by atoms with Crippen LogP contribution in [0.1, 0.15) is 42.1 Å². The average Bonchev–Trinajstić information content (AvgIpc) is 3.47. The van der Waals surface area contributed by atoms with Crippen LogP contribution in [-0.4, -0.2) is 43.5 Å². The molecule has 4 rings (SSSR count). The van der Waals surface area contributed by atoms with E-state index in [1.165, 1.54) is 5.56 Å². The van der Waals surface area contributed by atoms with E-state index in [9.17, 15) is 14.4 Å². The maximum absolute atomic E-state index is 12.9. The van der Waals surface area contributed by atoms with Crippen molar-refractivity contribution in [1.29, 1.82) is 0 Å². The van der Waals surface area contributed by atoms with E-state index in [4.69, 9.17) is 4.74 Å². The molecule has 0 bridgehead atoms. The molecule has 168 valence electrons. The van der Waals surface area contributed by atoms with Crippen molar-refractivity contribution in [2.45, 2.75) is 38.7 Å². The maximum atomic E-state index is 12.9. The Morgan fingerprint density at radius 2 is 1.91 bits per heavy atom. The summed E-state index contributed by atoms with van der Waals surface area (Å²) in [4.78, 5) is 39.8. The van der Waals surface area contributed by atoms with Crippen molar-refractivity contribution in [2.75, 3.05) is 29.9 Å². The Kier molecular flexibility index (Phi) is 6.85. The Hall–Kier alpha value is -3.19. The molecule has 0 saturated carbocycles. The van der Waals surface area contributed by atoms with E-state index in [1.54, 1.807) is 29.2 Å². The van der Waals surface area contributed by atoms with Gasteiger partial charge in [0.2, 0.25) is 11.8 Å². The summed E-state index contributed by atoms with van der Waals surface area (Å²) in [6.07, 6.45) is 3.07. The molecule has 3 amide bonds. The number of carbonyl (C=O) groups excluding carboxylic acids is 3. The SMILES string of the molecule is CCc1ccc(N2CC(C(=O)Nc3ccccc3C(=O)NCC3CCCO3)CC2=O)cc1. The third kappa shape index (κ3) is 4.99. The highest BCUT2D eigenvalue weighted by Crippen LogP contribution is 2.27. The van der Waals surface area contributed by atoms with Gasteiger partial charge in [-0.3, -0.25) is 14.4 Å². The number of anilines is 2. The highest BCUT2D eigenvalue weighted by Gasteiger charge is 2.35. The second-order valence-corrected chi connectivity index (χ2v) is 8.31. The van der Waals surface area contributed by atoms with E-state index in [0.717, 1.165) is 31.6 Å². The summed E-state index contributed by atoms with van der Waals surface area (Å²) in [6.45, 7) is 3.58. The predicted octanol–water partition coefficient (Wildman–Crippen LogP) is 3.15. The normalized spacial score (nSPS) is 20.4. The van der Waals surface area contributed by atoms with Gasteiger partial charge < -0.3 is 20.3 Å². The van der Waals surface area contributed by atoms with Crippen molar-refractivity contribution >= 4 is 29.1 Å². The number of amides is 3. The lowest BCUT2D eigenvalue weighted by Crippen LogP contribution is -2.33. The fraction of sp³-hybridized carbons (Fsp3) is 0.400. The van der Waals surface area contributed by atoms with Crippen LogP contribution in [0.4, 0.5) is 11.4 Å². The lowest BCUT2D eigenvalue weighted by Gasteiger charge is -2.18. The van der Waals surface area contributed by atoms with Gasteiger partial charge in [0, 0.05) is 31.8 Å². The minimum Gasteiger partial charge on any atom is -0.376 e. The van der Waals surface area contributed by atoms with E-state index in [0.29, 0.717) is 24.3 Å². The van der Waals surface area contributed by atoms with Gasteiger partial charge in [-0.25, -0.2) is 0 Å². The van der Waals surface area contributed by atoms with Crippen molar-refractivity contribution in [2.24, 2.45) is 5.92 Å². The molecule has 2 N–H and O–H groups in total. The monoisotopic (exact) mass is 435 g/mol. The number of para-hydroxylation sites is 1. The molecule has 7 nitrogen and oxygen atoms in total. The maximum Gasteiger partial charge on any atom is 0.253 e. The lowest BCUT2D eigenvalue weighted by atomic mass is 10.1. The molecule has 2 unspecified atom stereocenters. The summed E-state index contributed by atoms with van der Waals surface area (Å²) in [5.41, 5.74) is 2.84. The van der Waals surface area contributed by atoms with Gasteiger partial charge >= 0.3 is 0 Å². The fourth-order valence-electron chi connectivity index (χ4n) is 4.18. The van der Waals surface area contributed by atoms with Gasteiger partial charge in [0.15, 0.2) is 0 Å². The van der Waals surface area contributed by atoms with Crippen LogP contribution in [-0.2, 0) is 20.7 Å². The summed E-state index contributed by atoms with van der Waals surface area (Å²) < 4.78 is 5.55. The van der Waals surface area contributed by atoms with Crippen LogP contribution in [0.25, 0.3) is 0 Å². The smallest absolute Gasteiger partial charge is 0.253 e. The summed E-state index contributed by atoms with van der Waals surface area (Å²) in [5.74, 6) is -1.06. The summed E-state index contributed by atoms with van der Waals surface area (Å²) in [5, 5.41) is 5.75. The molecule has 32 heavy (non-hydrogen) atoms. The van der Waals surface area contributed by atoms with Crippen LogP contribution >= 0.6 is 0 Å². The Labute approximate surface area is 188 Å². The van der Waals surface area contributed by atoms with Gasteiger partial charge in [-0.2, -0.15) is 0 Å². The van der Waals surface area contributed by atoms with Crippen LogP contribution in [0.15, 0.2) is 48.5 Å². The number of rotatable bonds is 7. The van der Waals surface area contributed by atoms with Crippen LogP contribution < -0.4 is 15.5 Å². The number of carbonyl (C=O) groups is 3. The molecular weight excluding hydrogens is 406 g/mol. The molecule has 2 atom stereocenters.